The number of hydrogen-bond donors (Lipinski definition) is 0. The predicted octanol–water partition coefficient (Wildman–Crippen LogP) is 2.59. The third-order valence-electron chi connectivity index (χ3n) is 2.70. The van der Waals surface area contributed by atoms with Crippen LogP contribution in [-0.4, -0.2) is 44.6 Å². The van der Waals surface area contributed by atoms with Gasteiger partial charge in [-0.25, -0.2) is 0 Å². The summed E-state index contributed by atoms with van der Waals surface area (Å²) in [5.74, 6) is -0.171. The fourth-order valence-electron chi connectivity index (χ4n) is 1.53. The van der Waals surface area contributed by atoms with E-state index in [-0.39, 0.29) is 24.8 Å². The molecule has 0 fully saturated rings. The zero-order valence-electron chi connectivity index (χ0n) is 11.4. The fourth-order valence-corrected chi connectivity index (χ4v) is 2.14. The van der Waals surface area contributed by atoms with Crippen molar-refractivity contribution in [2.24, 2.45) is 0 Å². The van der Waals surface area contributed by atoms with Crippen molar-refractivity contribution in [3.05, 3.63) is 26.3 Å². The van der Waals surface area contributed by atoms with Crippen molar-refractivity contribution in [2.45, 2.75) is 6.42 Å². The topological polar surface area (TPSA) is 55.8 Å². The van der Waals surface area contributed by atoms with E-state index in [1.165, 1.54) is 19.1 Å². The van der Waals surface area contributed by atoms with Crippen LogP contribution >= 0.6 is 34.2 Å². The summed E-state index contributed by atoms with van der Waals surface area (Å²) in [6.07, 6.45) is 0.138. The first kappa shape index (κ1) is 17.0. The lowest BCUT2D eigenvalue weighted by Crippen LogP contribution is -2.29. The van der Waals surface area contributed by atoms with Crippen LogP contribution in [0.5, 0.6) is 5.75 Å². The molecule has 110 valence electrons. The molecule has 7 heteroatoms. The average Bonchev–Trinajstić information content (AvgIpc) is 2.45. The van der Waals surface area contributed by atoms with E-state index in [4.69, 9.17) is 16.3 Å². The zero-order valence-corrected chi connectivity index (χ0v) is 14.3. The van der Waals surface area contributed by atoms with Crippen molar-refractivity contribution in [1.29, 1.82) is 0 Å². The number of hydrogen-bond acceptors (Lipinski definition) is 4. The van der Waals surface area contributed by atoms with Gasteiger partial charge in [-0.2, -0.15) is 0 Å². The largest absolute Gasteiger partial charge is 0.496 e. The minimum atomic E-state index is -0.364. The maximum absolute atomic E-state index is 12.3. The summed E-state index contributed by atoms with van der Waals surface area (Å²) >= 11 is 8.10. The Morgan fingerprint density at radius 3 is 2.55 bits per heavy atom. The normalized spacial score (nSPS) is 10.1. The van der Waals surface area contributed by atoms with Crippen LogP contribution in [0.2, 0.25) is 5.02 Å². The van der Waals surface area contributed by atoms with Crippen molar-refractivity contribution in [3.8, 4) is 5.75 Å². The number of rotatable bonds is 5. The maximum atomic E-state index is 12.3. The Balaban J connectivity index is 2.91. The third-order valence-corrected chi connectivity index (χ3v) is 4.22. The second-order valence-electron chi connectivity index (χ2n) is 4.02. The number of carbonyl (C=O) groups excluding carboxylic acids is 2. The molecule has 0 saturated carbocycles. The number of nitrogens with zero attached hydrogens (tertiary/aromatic N) is 1. The standard InChI is InChI=1S/C13H15ClINO4/c1-16(5-4-12(17)20-3)13(18)8-6-9(14)10(15)7-11(8)19-2/h6-7H,4-5H2,1-3H3. The minimum Gasteiger partial charge on any atom is -0.496 e. The molecule has 20 heavy (non-hydrogen) atoms. The van der Waals surface area contributed by atoms with Gasteiger partial charge >= 0.3 is 5.97 Å². The van der Waals surface area contributed by atoms with Crippen molar-refractivity contribution in [2.75, 3.05) is 27.8 Å². The first-order valence-electron chi connectivity index (χ1n) is 5.76. The van der Waals surface area contributed by atoms with E-state index in [9.17, 15) is 9.59 Å². The number of amides is 1. The van der Waals surface area contributed by atoms with Crippen LogP contribution in [0, 0.1) is 3.57 Å². The number of carbonyl (C=O) groups is 2. The van der Waals surface area contributed by atoms with Crippen LogP contribution in [0.3, 0.4) is 0 Å². The summed E-state index contributed by atoms with van der Waals surface area (Å²) in [6.45, 7) is 0.262. The van der Waals surface area contributed by atoms with Gasteiger partial charge in [0.2, 0.25) is 0 Å². The minimum absolute atomic E-state index is 0.138. The monoisotopic (exact) mass is 411 g/mol. The third kappa shape index (κ3) is 4.24. The molecule has 0 aromatic heterocycles. The van der Waals surface area contributed by atoms with E-state index in [2.05, 4.69) is 27.3 Å². The highest BCUT2D eigenvalue weighted by Gasteiger charge is 2.19. The van der Waals surface area contributed by atoms with Gasteiger partial charge in [0.05, 0.1) is 31.2 Å². The first-order chi connectivity index (χ1) is 9.40. The van der Waals surface area contributed by atoms with Gasteiger partial charge in [0.15, 0.2) is 0 Å². The van der Waals surface area contributed by atoms with Gasteiger partial charge in [-0.1, -0.05) is 11.6 Å². The summed E-state index contributed by atoms with van der Waals surface area (Å²) in [4.78, 5) is 24.8. The first-order valence-corrected chi connectivity index (χ1v) is 7.21. The number of halogens is 2. The molecule has 0 aliphatic heterocycles. The molecule has 0 bridgehead atoms. The number of methoxy groups -OCH3 is 2. The van der Waals surface area contributed by atoms with E-state index in [0.29, 0.717) is 16.3 Å². The van der Waals surface area contributed by atoms with Crippen LogP contribution < -0.4 is 4.74 Å². The van der Waals surface area contributed by atoms with Gasteiger partial charge in [0.25, 0.3) is 5.91 Å². The SMILES string of the molecule is COC(=O)CCN(C)C(=O)c1cc(Cl)c(I)cc1OC. The van der Waals surface area contributed by atoms with Crippen LogP contribution in [0.15, 0.2) is 12.1 Å². The summed E-state index contributed by atoms with van der Waals surface area (Å²) in [5, 5.41) is 0.483. The second kappa shape index (κ2) is 7.68. The lowest BCUT2D eigenvalue weighted by molar-refractivity contribution is -0.140. The highest BCUT2D eigenvalue weighted by atomic mass is 127. The van der Waals surface area contributed by atoms with Gasteiger partial charge in [-0.05, 0) is 34.7 Å². The van der Waals surface area contributed by atoms with Gasteiger partial charge in [0.1, 0.15) is 5.75 Å². The van der Waals surface area contributed by atoms with Gasteiger partial charge in [-0.15, -0.1) is 0 Å². The highest BCUT2D eigenvalue weighted by molar-refractivity contribution is 14.1. The van der Waals surface area contributed by atoms with Crippen molar-refractivity contribution >= 4 is 46.1 Å². The van der Waals surface area contributed by atoms with Crippen molar-refractivity contribution in [3.63, 3.8) is 0 Å². The summed E-state index contributed by atoms with van der Waals surface area (Å²) in [7, 11) is 4.41. The lowest BCUT2D eigenvalue weighted by atomic mass is 10.1. The molecular formula is C13H15ClINO4. The molecule has 1 amide bonds. The van der Waals surface area contributed by atoms with Crippen LogP contribution in [-0.2, 0) is 9.53 Å². The predicted molar refractivity (Wildman–Crippen MR) is 84.3 cm³/mol. The molecule has 0 saturated heterocycles. The molecule has 0 unspecified atom stereocenters. The Kier molecular flexibility index (Phi) is 6.54. The smallest absolute Gasteiger partial charge is 0.307 e. The molecule has 0 aliphatic carbocycles. The maximum Gasteiger partial charge on any atom is 0.307 e. The lowest BCUT2D eigenvalue weighted by Gasteiger charge is -2.18. The Morgan fingerprint density at radius 1 is 1.35 bits per heavy atom. The molecular weight excluding hydrogens is 397 g/mol. The number of ether oxygens (including phenoxy) is 2. The van der Waals surface area contributed by atoms with Crippen LogP contribution in [0.1, 0.15) is 16.8 Å². The second-order valence-corrected chi connectivity index (χ2v) is 5.59. The summed E-state index contributed by atoms with van der Waals surface area (Å²) in [6, 6.07) is 3.27. The fraction of sp³-hybridized carbons (Fsp3) is 0.385. The Morgan fingerprint density at radius 2 is 2.00 bits per heavy atom. The quantitative estimate of drug-likeness (QED) is 0.552. The highest BCUT2D eigenvalue weighted by Crippen LogP contribution is 2.29. The Bertz CT molecular complexity index is 521. The summed E-state index contributed by atoms with van der Waals surface area (Å²) < 4.78 is 10.5. The number of benzene rings is 1. The van der Waals surface area contributed by atoms with E-state index in [1.54, 1.807) is 19.2 Å². The molecule has 0 N–H and O–H groups in total. The number of esters is 1. The van der Waals surface area contributed by atoms with E-state index in [1.807, 2.05) is 0 Å². The van der Waals surface area contributed by atoms with Gasteiger partial charge in [0, 0.05) is 17.2 Å². The molecule has 0 heterocycles. The van der Waals surface area contributed by atoms with E-state index in [0.717, 1.165) is 3.57 Å². The molecule has 1 aromatic carbocycles. The van der Waals surface area contributed by atoms with Crippen LogP contribution in [0.25, 0.3) is 0 Å². The molecule has 1 rings (SSSR count). The molecule has 1 aromatic rings. The Labute approximate surface area is 136 Å². The Hall–Kier alpha value is -1.02. The molecule has 0 radical (unpaired) electrons. The van der Waals surface area contributed by atoms with E-state index < -0.39 is 0 Å². The van der Waals surface area contributed by atoms with Crippen LogP contribution in [0.4, 0.5) is 0 Å². The molecule has 5 nitrogen and oxygen atoms in total. The molecule has 0 aliphatic rings. The van der Waals surface area contributed by atoms with Gasteiger partial charge < -0.3 is 14.4 Å². The van der Waals surface area contributed by atoms with Crippen molar-refractivity contribution in [1.82, 2.24) is 4.90 Å². The zero-order chi connectivity index (χ0) is 15.3. The van der Waals surface area contributed by atoms with Crippen molar-refractivity contribution < 1.29 is 19.1 Å². The molecule has 0 spiro atoms. The van der Waals surface area contributed by atoms with E-state index >= 15 is 0 Å². The van der Waals surface area contributed by atoms with Gasteiger partial charge in [-0.3, -0.25) is 9.59 Å². The summed E-state index contributed by atoms with van der Waals surface area (Å²) in [5.41, 5.74) is 0.366. The average molecular weight is 412 g/mol. The molecule has 0 atom stereocenters.